The summed E-state index contributed by atoms with van der Waals surface area (Å²) in [6.45, 7) is 6.54. The molecule has 1 aromatic rings. The molecule has 5 heteroatoms. The standard InChI is InChI=1S/C14H22N2O2.ClH/c1-12(17)11-15-7-9-16(10-8-15)13-5-3-4-6-14(13)18-2;/h3-6,12,17H,7-11H2,1-2H3;1H. The van der Waals surface area contributed by atoms with E-state index >= 15 is 0 Å². The number of hydrogen-bond acceptors (Lipinski definition) is 4. The Morgan fingerprint density at radius 3 is 2.42 bits per heavy atom. The summed E-state index contributed by atoms with van der Waals surface area (Å²) in [5.41, 5.74) is 1.16. The third kappa shape index (κ3) is 4.27. The molecule has 1 aliphatic rings. The van der Waals surface area contributed by atoms with Crippen LogP contribution >= 0.6 is 12.4 Å². The minimum atomic E-state index is -0.247. The van der Waals surface area contributed by atoms with E-state index in [1.807, 2.05) is 25.1 Å². The first-order chi connectivity index (χ1) is 8.70. The summed E-state index contributed by atoms with van der Waals surface area (Å²) < 4.78 is 5.39. The highest BCUT2D eigenvalue weighted by atomic mass is 35.5. The number of hydrogen-bond donors (Lipinski definition) is 1. The van der Waals surface area contributed by atoms with Crippen LogP contribution in [0.2, 0.25) is 0 Å². The minimum absolute atomic E-state index is 0. The van der Waals surface area contributed by atoms with Crippen LogP contribution in [0.15, 0.2) is 24.3 Å². The number of halogens is 1. The molecule has 108 valence electrons. The number of benzene rings is 1. The molecule has 0 spiro atoms. The van der Waals surface area contributed by atoms with Gasteiger partial charge in [-0.1, -0.05) is 12.1 Å². The summed E-state index contributed by atoms with van der Waals surface area (Å²) in [4.78, 5) is 4.65. The normalized spacial score (nSPS) is 17.7. The minimum Gasteiger partial charge on any atom is -0.495 e. The molecule has 1 aromatic carbocycles. The lowest BCUT2D eigenvalue weighted by molar-refractivity contribution is 0.122. The van der Waals surface area contributed by atoms with Gasteiger partial charge in [0.15, 0.2) is 0 Å². The molecule has 1 atom stereocenters. The van der Waals surface area contributed by atoms with Gasteiger partial charge in [-0.3, -0.25) is 4.90 Å². The summed E-state index contributed by atoms with van der Waals surface area (Å²) in [5, 5.41) is 9.39. The smallest absolute Gasteiger partial charge is 0.142 e. The molecule has 0 bridgehead atoms. The Hall–Kier alpha value is -0.970. The topological polar surface area (TPSA) is 35.9 Å². The van der Waals surface area contributed by atoms with Crippen LogP contribution in [0, 0.1) is 0 Å². The molecule has 1 saturated heterocycles. The van der Waals surface area contributed by atoms with Crippen molar-refractivity contribution in [2.45, 2.75) is 13.0 Å². The van der Waals surface area contributed by atoms with Crippen LogP contribution < -0.4 is 9.64 Å². The first kappa shape index (κ1) is 16.1. The number of aliphatic hydroxyl groups is 1. The lowest BCUT2D eigenvalue weighted by Crippen LogP contribution is -2.48. The second-order valence-corrected chi connectivity index (χ2v) is 4.81. The highest BCUT2D eigenvalue weighted by Crippen LogP contribution is 2.28. The van der Waals surface area contributed by atoms with Crippen molar-refractivity contribution in [3.05, 3.63) is 24.3 Å². The van der Waals surface area contributed by atoms with Crippen molar-refractivity contribution < 1.29 is 9.84 Å². The summed E-state index contributed by atoms with van der Waals surface area (Å²) in [6.07, 6.45) is -0.247. The molecule has 0 radical (unpaired) electrons. The second-order valence-electron chi connectivity index (χ2n) is 4.81. The number of nitrogens with zero attached hydrogens (tertiary/aromatic N) is 2. The molecule has 1 fully saturated rings. The van der Waals surface area contributed by atoms with E-state index in [-0.39, 0.29) is 18.5 Å². The maximum absolute atomic E-state index is 9.39. The second kappa shape index (κ2) is 7.58. The third-order valence-corrected chi connectivity index (χ3v) is 3.32. The Labute approximate surface area is 121 Å². The van der Waals surface area contributed by atoms with Gasteiger partial charge in [0, 0.05) is 32.7 Å². The molecule has 0 aliphatic carbocycles. The van der Waals surface area contributed by atoms with Gasteiger partial charge in [0.1, 0.15) is 5.75 Å². The molecule has 1 aliphatic heterocycles. The SMILES string of the molecule is COc1ccccc1N1CCN(CC(C)O)CC1.Cl. The third-order valence-electron chi connectivity index (χ3n) is 3.32. The van der Waals surface area contributed by atoms with Gasteiger partial charge >= 0.3 is 0 Å². The van der Waals surface area contributed by atoms with Crippen molar-refractivity contribution in [3.8, 4) is 5.75 Å². The van der Waals surface area contributed by atoms with Crippen LogP contribution in [0.5, 0.6) is 5.75 Å². The highest BCUT2D eigenvalue weighted by Gasteiger charge is 2.19. The van der Waals surface area contributed by atoms with E-state index in [4.69, 9.17) is 4.74 Å². The van der Waals surface area contributed by atoms with Gasteiger partial charge < -0.3 is 14.7 Å². The van der Waals surface area contributed by atoms with E-state index in [1.54, 1.807) is 7.11 Å². The van der Waals surface area contributed by atoms with Crippen molar-refractivity contribution in [2.24, 2.45) is 0 Å². The van der Waals surface area contributed by atoms with Gasteiger partial charge in [-0.05, 0) is 19.1 Å². The van der Waals surface area contributed by atoms with Crippen LogP contribution in [0.4, 0.5) is 5.69 Å². The number of methoxy groups -OCH3 is 1. The molecule has 4 nitrogen and oxygen atoms in total. The maximum Gasteiger partial charge on any atom is 0.142 e. The van der Waals surface area contributed by atoms with Crippen LogP contribution in [-0.4, -0.2) is 55.9 Å². The van der Waals surface area contributed by atoms with Crippen LogP contribution in [0.1, 0.15) is 6.92 Å². The van der Waals surface area contributed by atoms with E-state index in [2.05, 4.69) is 15.9 Å². The van der Waals surface area contributed by atoms with Crippen molar-refractivity contribution in [1.82, 2.24) is 4.90 Å². The summed E-state index contributed by atoms with van der Waals surface area (Å²) in [6, 6.07) is 8.13. The Morgan fingerprint density at radius 2 is 1.84 bits per heavy atom. The largest absolute Gasteiger partial charge is 0.495 e. The number of ether oxygens (including phenoxy) is 1. The molecule has 19 heavy (non-hydrogen) atoms. The van der Waals surface area contributed by atoms with Gasteiger partial charge in [-0.2, -0.15) is 0 Å². The van der Waals surface area contributed by atoms with Crippen molar-refractivity contribution in [3.63, 3.8) is 0 Å². The zero-order valence-corrected chi connectivity index (χ0v) is 12.4. The molecule has 1 unspecified atom stereocenters. The highest BCUT2D eigenvalue weighted by molar-refractivity contribution is 5.85. The van der Waals surface area contributed by atoms with Crippen molar-refractivity contribution in [2.75, 3.05) is 44.7 Å². The van der Waals surface area contributed by atoms with Crippen LogP contribution in [-0.2, 0) is 0 Å². The van der Waals surface area contributed by atoms with E-state index in [0.29, 0.717) is 0 Å². The van der Waals surface area contributed by atoms with Crippen LogP contribution in [0.3, 0.4) is 0 Å². The number of aliphatic hydroxyl groups excluding tert-OH is 1. The number of anilines is 1. The monoisotopic (exact) mass is 286 g/mol. The van der Waals surface area contributed by atoms with Gasteiger partial charge in [0.05, 0.1) is 18.9 Å². The summed E-state index contributed by atoms with van der Waals surface area (Å²) in [5.74, 6) is 0.932. The first-order valence-corrected chi connectivity index (χ1v) is 6.49. The lowest BCUT2D eigenvalue weighted by Gasteiger charge is -2.37. The lowest BCUT2D eigenvalue weighted by atomic mass is 10.2. The fourth-order valence-corrected chi connectivity index (χ4v) is 2.44. The maximum atomic E-state index is 9.39. The van der Waals surface area contributed by atoms with Gasteiger partial charge in [0.25, 0.3) is 0 Å². The fourth-order valence-electron chi connectivity index (χ4n) is 2.44. The predicted molar refractivity (Wildman–Crippen MR) is 80.6 cm³/mol. The Kier molecular flexibility index (Phi) is 6.42. The molecule has 1 heterocycles. The Morgan fingerprint density at radius 1 is 1.21 bits per heavy atom. The van der Waals surface area contributed by atoms with Gasteiger partial charge in [-0.15, -0.1) is 12.4 Å². The zero-order valence-electron chi connectivity index (χ0n) is 11.6. The van der Waals surface area contributed by atoms with E-state index in [0.717, 1.165) is 44.2 Å². The Bertz CT molecular complexity index is 379. The zero-order chi connectivity index (χ0) is 13.0. The number of β-amino-alcohol motifs (C(OH)–C–C–N with tert-alkyl or cyclic N) is 1. The van der Waals surface area contributed by atoms with Crippen LogP contribution in [0.25, 0.3) is 0 Å². The molecular weight excluding hydrogens is 264 g/mol. The summed E-state index contributed by atoms with van der Waals surface area (Å²) in [7, 11) is 1.71. The average molecular weight is 287 g/mol. The van der Waals surface area contributed by atoms with E-state index in [1.165, 1.54) is 0 Å². The average Bonchev–Trinajstić information content (AvgIpc) is 2.39. The predicted octanol–water partition coefficient (Wildman–Crippen LogP) is 1.62. The van der Waals surface area contributed by atoms with E-state index in [9.17, 15) is 5.11 Å². The number of piperazine rings is 1. The summed E-state index contributed by atoms with van der Waals surface area (Å²) >= 11 is 0. The fraction of sp³-hybridized carbons (Fsp3) is 0.571. The molecule has 0 saturated carbocycles. The van der Waals surface area contributed by atoms with Crippen molar-refractivity contribution in [1.29, 1.82) is 0 Å². The number of rotatable bonds is 4. The molecule has 0 aromatic heterocycles. The molecule has 0 amide bonds. The molecule has 2 rings (SSSR count). The first-order valence-electron chi connectivity index (χ1n) is 6.49. The Balaban J connectivity index is 0.00000180. The van der Waals surface area contributed by atoms with Crippen molar-refractivity contribution >= 4 is 18.1 Å². The molecule has 1 N–H and O–H groups in total. The van der Waals surface area contributed by atoms with Gasteiger partial charge in [-0.25, -0.2) is 0 Å². The molecular formula is C14H23ClN2O2. The quantitative estimate of drug-likeness (QED) is 0.912. The van der Waals surface area contributed by atoms with E-state index < -0.39 is 0 Å². The van der Waals surface area contributed by atoms with Gasteiger partial charge in [0.2, 0.25) is 0 Å². The number of para-hydroxylation sites is 2.